The monoisotopic (exact) mass is 385 g/mol. The molecule has 0 spiro atoms. The fourth-order valence-corrected chi connectivity index (χ4v) is 5.20. The van der Waals surface area contributed by atoms with E-state index < -0.39 is 0 Å². The van der Waals surface area contributed by atoms with Crippen molar-refractivity contribution in [1.29, 1.82) is 0 Å². The molecule has 0 bridgehead atoms. The Morgan fingerprint density at radius 3 is 2.43 bits per heavy atom. The van der Waals surface area contributed by atoms with Crippen molar-refractivity contribution in [2.75, 3.05) is 52.4 Å². The van der Waals surface area contributed by atoms with Crippen LogP contribution in [0.25, 0.3) is 0 Å². The first-order chi connectivity index (χ1) is 13.8. The zero-order valence-electron chi connectivity index (χ0n) is 17.1. The van der Waals surface area contributed by atoms with Gasteiger partial charge in [0, 0.05) is 45.3 Å². The van der Waals surface area contributed by atoms with Gasteiger partial charge in [0.05, 0.1) is 6.54 Å². The Hall–Kier alpha value is -1.59. The van der Waals surface area contributed by atoms with E-state index >= 15 is 0 Å². The fraction of sp³-hybridized carbons (Fsp3) is 0.696. The molecule has 5 heteroatoms. The number of carbonyl (C=O) groups excluding carboxylic acids is 1. The van der Waals surface area contributed by atoms with Gasteiger partial charge in [0.2, 0.25) is 5.91 Å². The summed E-state index contributed by atoms with van der Waals surface area (Å²) in [6.07, 6.45) is 7.75. The van der Waals surface area contributed by atoms with E-state index in [-0.39, 0.29) is 0 Å². The van der Waals surface area contributed by atoms with Gasteiger partial charge in [0.1, 0.15) is 12.4 Å². The normalized spacial score (nSPS) is 26.6. The van der Waals surface area contributed by atoms with E-state index in [1.807, 2.05) is 30.3 Å². The number of para-hydroxylation sites is 1. The molecule has 3 fully saturated rings. The third-order valence-corrected chi connectivity index (χ3v) is 6.81. The van der Waals surface area contributed by atoms with Crippen molar-refractivity contribution in [3.63, 3.8) is 0 Å². The minimum Gasteiger partial charge on any atom is -0.492 e. The molecule has 2 aliphatic heterocycles. The second-order valence-electron chi connectivity index (χ2n) is 8.62. The van der Waals surface area contributed by atoms with Crippen molar-refractivity contribution in [2.45, 2.75) is 44.6 Å². The average molecular weight is 386 g/mol. The number of ether oxygens (including phenoxy) is 1. The van der Waals surface area contributed by atoms with Crippen molar-refractivity contribution in [1.82, 2.24) is 14.7 Å². The van der Waals surface area contributed by atoms with E-state index in [2.05, 4.69) is 14.7 Å². The lowest BCUT2D eigenvalue weighted by Crippen LogP contribution is -2.55. The lowest BCUT2D eigenvalue weighted by atomic mass is 9.78. The van der Waals surface area contributed by atoms with Crippen molar-refractivity contribution in [3.05, 3.63) is 30.3 Å². The van der Waals surface area contributed by atoms with Crippen LogP contribution in [0, 0.1) is 5.92 Å². The highest BCUT2D eigenvalue weighted by molar-refractivity contribution is 5.78. The number of rotatable bonds is 6. The van der Waals surface area contributed by atoms with Crippen LogP contribution in [0.4, 0.5) is 0 Å². The molecule has 1 aromatic carbocycles. The molecule has 1 aliphatic carbocycles. The van der Waals surface area contributed by atoms with Crippen LogP contribution in [-0.2, 0) is 4.79 Å². The van der Waals surface area contributed by atoms with Gasteiger partial charge in [0.25, 0.3) is 0 Å². The molecule has 0 radical (unpaired) electrons. The number of benzene rings is 1. The van der Waals surface area contributed by atoms with E-state index in [9.17, 15) is 4.79 Å². The highest BCUT2D eigenvalue weighted by atomic mass is 16.5. The first kappa shape index (κ1) is 19.7. The molecule has 1 saturated carbocycles. The van der Waals surface area contributed by atoms with Crippen molar-refractivity contribution in [2.24, 2.45) is 5.92 Å². The molecule has 4 rings (SSSR count). The van der Waals surface area contributed by atoms with Gasteiger partial charge in [-0.25, -0.2) is 0 Å². The Balaban J connectivity index is 1.17. The summed E-state index contributed by atoms with van der Waals surface area (Å²) in [5.74, 6) is 2.08. The number of piperidine rings is 1. The smallest absolute Gasteiger partial charge is 0.237 e. The van der Waals surface area contributed by atoms with E-state index in [0.29, 0.717) is 18.5 Å². The summed E-state index contributed by atoms with van der Waals surface area (Å²) in [7, 11) is 0. The summed E-state index contributed by atoms with van der Waals surface area (Å²) < 4.78 is 5.81. The minimum atomic E-state index is 0.373. The van der Waals surface area contributed by atoms with Crippen LogP contribution in [0.15, 0.2) is 30.3 Å². The third kappa shape index (κ3) is 5.06. The predicted octanol–water partition coefficient (Wildman–Crippen LogP) is 2.86. The molecule has 154 valence electrons. The lowest BCUT2D eigenvalue weighted by molar-refractivity contribution is -0.139. The Bertz CT molecular complexity index is 614. The highest BCUT2D eigenvalue weighted by Gasteiger charge is 2.36. The molecule has 1 aromatic rings. The summed E-state index contributed by atoms with van der Waals surface area (Å²) in [5.41, 5.74) is 0. The van der Waals surface area contributed by atoms with Gasteiger partial charge < -0.3 is 9.64 Å². The summed E-state index contributed by atoms with van der Waals surface area (Å²) in [4.78, 5) is 20.0. The number of nitrogens with zero attached hydrogens (tertiary/aromatic N) is 3. The number of carbonyl (C=O) groups is 1. The Morgan fingerprint density at radius 1 is 0.893 bits per heavy atom. The topological polar surface area (TPSA) is 36.0 Å². The predicted molar refractivity (Wildman–Crippen MR) is 112 cm³/mol. The second-order valence-corrected chi connectivity index (χ2v) is 8.62. The molecule has 2 heterocycles. The van der Waals surface area contributed by atoms with Crippen LogP contribution in [0.1, 0.15) is 38.5 Å². The highest BCUT2D eigenvalue weighted by Crippen LogP contribution is 2.35. The van der Waals surface area contributed by atoms with Gasteiger partial charge >= 0.3 is 0 Å². The summed E-state index contributed by atoms with van der Waals surface area (Å²) in [6.45, 7) is 7.29. The van der Waals surface area contributed by atoms with Crippen LogP contribution < -0.4 is 4.74 Å². The Labute approximate surface area is 169 Å². The average Bonchev–Trinajstić information content (AvgIpc) is 2.75. The maximum absolute atomic E-state index is 13.0. The molecular weight excluding hydrogens is 350 g/mol. The lowest BCUT2D eigenvalue weighted by Gasteiger charge is -2.45. The molecule has 2 atom stereocenters. The van der Waals surface area contributed by atoms with Gasteiger partial charge in [-0.05, 0) is 43.7 Å². The number of amides is 1. The SMILES string of the molecule is O=C(CN1CCN(CCOc2ccccc2)CC1)N1CCCC2CCCCC21. The summed E-state index contributed by atoms with van der Waals surface area (Å²) in [5, 5.41) is 0. The number of hydrogen-bond acceptors (Lipinski definition) is 4. The Kier molecular flexibility index (Phi) is 6.86. The molecule has 28 heavy (non-hydrogen) atoms. The molecule has 5 nitrogen and oxygen atoms in total. The van der Waals surface area contributed by atoms with Gasteiger partial charge in [0.15, 0.2) is 0 Å². The second kappa shape index (κ2) is 9.75. The van der Waals surface area contributed by atoms with Crippen LogP contribution in [0.5, 0.6) is 5.75 Å². The largest absolute Gasteiger partial charge is 0.492 e. The first-order valence-corrected chi connectivity index (χ1v) is 11.2. The van der Waals surface area contributed by atoms with E-state index in [1.54, 1.807) is 0 Å². The molecular formula is C23H35N3O2. The van der Waals surface area contributed by atoms with Crippen LogP contribution in [0.2, 0.25) is 0 Å². The van der Waals surface area contributed by atoms with E-state index in [4.69, 9.17) is 4.74 Å². The molecule has 2 unspecified atom stereocenters. The number of likely N-dealkylation sites (tertiary alicyclic amines) is 1. The first-order valence-electron chi connectivity index (χ1n) is 11.2. The van der Waals surface area contributed by atoms with Crippen molar-refractivity contribution < 1.29 is 9.53 Å². The molecule has 2 saturated heterocycles. The van der Waals surface area contributed by atoms with Crippen molar-refractivity contribution in [3.8, 4) is 5.75 Å². The fourth-order valence-electron chi connectivity index (χ4n) is 5.20. The van der Waals surface area contributed by atoms with Crippen molar-refractivity contribution >= 4 is 5.91 Å². The van der Waals surface area contributed by atoms with Gasteiger partial charge in [-0.1, -0.05) is 31.0 Å². The molecule has 1 amide bonds. The maximum Gasteiger partial charge on any atom is 0.237 e. The summed E-state index contributed by atoms with van der Waals surface area (Å²) in [6, 6.07) is 10.5. The standard InChI is InChI=1S/C23H35N3O2/c27-23(26-12-6-8-20-7-4-5-11-22(20)26)19-25-15-13-24(14-16-25)17-18-28-21-9-2-1-3-10-21/h1-3,9-10,20,22H,4-8,11-19H2. The van der Waals surface area contributed by atoms with E-state index in [1.165, 1.54) is 38.5 Å². The number of fused-ring (bicyclic) bond motifs is 1. The maximum atomic E-state index is 13.0. The minimum absolute atomic E-state index is 0.373. The van der Waals surface area contributed by atoms with Crippen LogP contribution >= 0.6 is 0 Å². The Morgan fingerprint density at radius 2 is 1.61 bits per heavy atom. The zero-order chi connectivity index (χ0) is 19.2. The third-order valence-electron chi connectivity index (χ3n) is 6.81. The molecule has 3 aliphatic rings. The van der Waals surface area contributed by atoms with Gasteiger partial charge in [-0.15, -0.1) is 0 Å². The van der Waals surface area contributed by atoms with Gasteiger partial charge in [-0.3, -0.25) is 14.6 Å². The van der Waals surface area contributed by atoms with Crippen LogP contribution in [-0.4, -0.2) is 79.1 Å². The zero-order valence-corrected chi connectivity index (χ0v) is 17.1. The quantitative estimate of drug-likeness (QED) is 0.754. The van der Waals surface area contributed by atoms with Gasteiger partial charge in [-0.2, -0.15) is 0 Å². The molecule has 0 N–H and O–H groups in total. The number of piperazine rings is 1. The van der Waals surface area contributed by atoms with E-state index in [0.717, 1.165) is 57.5 Å². The summed E-state index contributed by atoms with van der Waals surface area (Å²) >= 11 is 0. The number of hydrogen-bond donors (Lipinski definition) is 0. The van der Waals surface area contributed by atoms with Crippen LogP contribution in [0.3, 0.4) is 0 Å². The molecule has 0 aromatic heterocycles.